The van der Waals surface area contributed by atoms with Gasteiger partial charge in [-0.25, -0.2) is 0 Å². The number of pyridine rings is 1. The average Bonchev–Trinajstić information content (AvgIpc) is 2.39. The van der Waals surface area contributed by atoms with Crippen LogP contribution in [0.4, 0.5) is 17.3 Å². The normalized spacial score (nSPS) is 10.1. The Kier molecular flexibility index (Phi) is 3.94. The van der Waals surface area contributed by atoms with Gasteiger partial charge in [0.1, 0.15) is 11.6 Å². The third kappa shape index (κ3) is 3.10. The molecule has 0 unspecified atom stereocenters. The van der Waals surface area contributed by atoms with Gasteiger partial charge in [-0.2, -0.15) is 4.98 Å². The molecule has 0 saturated heterocycles. The zero-order valence-corrected chi connectivity index (χ0v) is 10.8. The van der Waals surface area contributed by atoms with Crippen molar-refractivity contribution in [2.45, 2.75) is 6.92 Å². The monoisotopic (exact) mass is 274 g/mol. The molecule has 0 aliphatic rings. The quantitative estimate of drug-likeness (QED) is 0.731. The smallest absolute Gasteiger partial charge is 0.271 e. The Morgan fingerprint density at radius 2 is 2.20 bits per heavy atom. The predicted octanol–water partition coefficient (Wildman–Crippen LogP) is 0.695. The Hall–Kier alpha value is -2.90. The lowest BCUT2D eigenvalue weighted by molar-refractivity contribution is 0.0995. The summed E-state index contributed by atoms with van der Waals surface area (Å²) in [5.41, 5.74) is 11.1. The summed E-state index contributed by atoms with van der Waals surface area (Å²) in [6.45, 7) is 2.37. The van der Waals surface area contributed by atoms with Gasteiger partial charge in [0.05, 0.1) is 12.3 Å². The maximum atomic E-state index is 11.3. The summed E-state index contributed by atoms with van der Waals surface area (Å²) in [7, 11) is 0. The fourth-order valence-electron chi connectivity index (χ4n) is 1.53. The zero-order chi connectivity index (χ0) is 14.5. The van der Waals surface area contributed by atoms with Gasteiger partial charge in [0, 0.05) is 12.1 Å². The molecule has 2 rings (SSSR count). The summed E-state index contributed by atoms with van der Waals surface area (Å²) in [5, 5.41) is 10.2. The zero-order valence-electron chi connectivity index (χ0n) is 10.8. The minimum atomic E-state index is -0.707. The second kappa shape index (κ2) is 5.83. The summed E-state index contributed by atoms with van der Waals surface area (Å²) >= 11 is 0. The molecule has 1 amide bonds. The minimum absolute atomic E-state index is 0.0113. The van der Waals surface area contributed by atoms with Crippen LogP contribution >= 0.6 is 0 Å². The van der Waals surface area contributed by atoms with E-state index in [-0.39, 0.29) is 11.5 Å². The topological polar surface area (TPSA) is 129 Å². The second-order valence-electron chi connectivity index (χ2n) is 3.81. The molecule has 0 aliphatic carbocycles. The van der Waals surface area contributed by atoms with E-state index >= 15 is 0 Å². The number of amides is 1. The third-order valence-corrected chi connectivity index (χ3v) is 2.32. The van der Waals surface area contributed by atoms with E-state index in [1.807, 2.05) is 6.92 Å². The highest BCUT2D eigenvalue weighted by Crippen LogP contribution is 2.20. The first kappa shape index (κ1) is 13.5. The number of primary amides is 1. The number of carbonyl (C=O) groups is 1. The number of rotatable bonds is 5. The molecule has 0 aliphatic heterocycles. The van der Waals surface area contributed by atoms with Crippen molar-refractivity contribution in [2.75, 3.05) is 17.7 Å². The number of carbonyl (C=O) groups excluding carboxylic acids is 1. The SMILES string of the molecule is CCOc1cccc(Nc2cc(N)nnc2C(N)=O)n1. The molecule has 2 aromatic heterocycles. The van der Waals surface area contributed by atoms with E-state index in [4.69, 9.17) is 16.2 Å². The first-order chi connectivity index (χ1) is 9.60. The van der Waals surface area contributed by atoms with E-state index in [0.717, 1.165) is 0 Å². The van der Waals surface area contributed by atoms with Gasteiger partial charge in [0.25, 0.3) is 5.91 Å². The summed E-state index contributed by atoms with van der Waals surface area (Å²) in [6.07, 6.45) is 0. The Bertz CT molecular complexity index is 631. The highest BCUT2D eigenvalue weighted by atomic mass is 16.5. The molecule has 2 aromatic rings. The number of aromatic nitrogens is 3. The van der Waals surface area contributed by atoms with E-state index in [0.29, 0.717) is 24.0 Å². The molecule has 5 N–H and O–H groups in total. The van der Waals surface area contributed by atoms with Crippen LogP contribution in [0.2, 0.25) is 0 Å². The van der Waals surface area contributed by atoms with Crippen molar-refractivity contribution in [1.29, 1.82) is 0 Å². The van der Waals surface area contributed by atoms with E-state index in [1.54, 1.807) is 18.2 Å². The summed E-state index contributed by atoms with van der Waals surface area (Å²) < 4.78 is 5.29. The molecule has 8 nitrogen and oxygen atoms in total. The molecular formula is C12H14N6O2. The van der Waals surface area contributed by atoms with E-state index in [1.165, 1.54) is 6.07 Å². The molecule has 0 bridgehead atoms. The Balaban J connectivity index is 2.31. The molecule has 104 valence electrons. The van der Waals surface area contributed by atoms with Gasteiger partial charge in [0.2, 0.25) is 5.88 Å². The number of hydrogen-bond donors (Lipinski definition) is 3. The van der Waals surface area contributed by atoms with Gasteiger partial charge in [-0.15, -0.1) is 10.2 Å². The van der Waals surface area contributed by atoms with Crippen molar-refractivity contribution in [2.24, 2.45) is 5.73 Å². The molecule has 0 aromatic carbocycles. The first-order valence-electron chi connectivity index (χ1n) is 5.90. The summed E-state index contributed by atoms with van der Waals surface area (Å²) in [4.78, 5) is 15.5. The second-order valence-corrected chi connectivity index (χ2v) is 3.81. The largest absolute Gasteiger partial charge is 0.478 e. The predicted molar refractivity (Wildman–Crippen MR) is 73.7 cm³/mol. The standard InChI is InChI=1S/C12H14N6O2/c1-2-20-10-5-3-4-9(16-10)15-7-6-8(13)17-18-11(7)12(14)19/h3-6H,2H2,1H3,(H2,14,19)(H3,13,15,16,17). The van der Waals surface area contributed by atoms with Gasteiger partial charge in [-0.3, -0.25) is 4.79 Å². The third-order valence-electron chi connectivity index (χ3n) is 2.32. The fourth-order valence-corrected chi connectivity index (χ4v) is 1.53. The van der Waals surface area contributed by atoms with E-state index in [9.17, 15) is 4.79 Å². The van der Waals surface area contributed by atoms with Gasteiger partial charge in [-0.05, 0) is 13.0 Å². The number of nitrogen functional groups attached to an aromatic ring is 1. The van der Waals surface area contributed by atoms with E-state index in [2.05, 4.69) is 20.5 Å². The van der Waals surface area contributed by atoms with Crippen LogP contribution < -0.4 is 21.5 Å². The van der Waals surface area contributed by atoms with Gasteiger partial charge in [-0.1, -0.05) is 6.07 Å². The maximum absolute atomic E-state index is 11.3. The fraction of sp³-hybridized carbons (Fsp3) is 0.167. The molecule has 8 heteroatoms. The van der Waals surface area contributed by atoms with Gasteiger partial charge >= 0.3 is 0 Å². The molecule has 0 radical (unpaired) electrons. The first-order valence-corrected chi connectivity index (χ1v) is 5.90. The van der Waals surface area contributed by atoms with Crippen molar-refractivity contribution in [1.82, 2.24) is 15.2 Å². The maximum Gasteiger partial charge on any atom is 0.271 e. The van der Waals surface area contributed by atoms with Gasteiger partial charge < -0.3 is 21.5 Å². The molecule has 20 heavy (non-hydrogen) atoms. The summed E-state index contributed by atoms with van der Waals surface area (Å²) in [5.74, 6) is 0.401. The lowest BCUT2D eigenvalue weighted by atomic mass is 10.3. The van der Waals surface area contributed by atoms with Crippen molar-refractivity contribution >= 4 is 23.2 Å². The molecule has 0 fully saturated rings. The molecular weight excluding hydrogens is 260 g/mol. The summed E-state index contributed by atoms with van der Waals surface area (Å²) in [6, 6.07) is 6.66. The Labute approximate surface area is 115 Å². The van der Waals surface area contributed by atoms with Crippen molar-refractivity contribution < 1.29 is 9.53 Å². The average molecular weight is 274 g/mol. The number of nitrogens with zero attached hydrogens (tertiary/aromatic N) is 3. The molecule has 2 heterocycles. The van der Waals surface area contributed by atoms with Crippen LogP contribution in [0.1, 0.15) is 17.4 Å². The number of nitrogens with two attached hydrogens (primary N) is 2. The van der Waals surface area contributed by atoms with Crippen LogP contribution in [0, 0.1) is 0 Å². The van der Waals surface area contributed by atoms with Crippen molar-refractivity contribution in [3.63, 3.8) is 0 Å². The number of hydrogen-bond acceptors (Lipinski definition) is 7. The highest BCUT2D eigenvalue weighted by Gasteiger charge is 2.12. The lowest BCUT2D eigenvalue weighted by Gasteiger charge is -2.09. The van der Waals surface area contributed by atoms with Crippen LogP contribution in [0.15, 0.2) is 24.3 Å². The van der Waals surface area contributed by atoms with Crippen LogP contribution in [0.3, 0.4) is 0 Å². The minimum Gasteiger partial charge on any atom is -0.478 e. The highest BCUT2D eigenvalue weighted by molar-refractivity contribution is 5.97. The molecule has 0 spiro atoms. The van der Waals surface area contributed by atoms with Crippen LogP contribution in [-0.4, -0.2) is 27.7 Å². The van der Waals surface area contributed by atoms with Gasteiger partial charge in [0.15, 0.2) is 5.69 Å². The van der Waals surface area contributed by atoms with E-state index < -0.39 is 5.91 Å². The number of anilines is 3. The van der Waals surface area contributed by atoms with Crippen molar-refractivity contribution in [3.8, 4) is 5.88 Å². The van der Waals surface area contributed by atoms with Crippen LogP contribution in [-0.2, 0) is 0 Å². The van der Waals surface area contributed by atoms with Crippen molar-refractivity contribution in [3.05, 3.63) is 30.0 Å². The molecule has 0 atom stereocenters. The van der Waals surface area contributed by atoms with Crippen LogP contribution in [0.25, 0.3) is 0 Å². The number of nitrogens with one attached hydrogen (secondary N) is 1. The Morgan fingerprint density at radius 3 is 2.90 bits per heavy atom. The Morgan fingerprint density at radius 1 is 1.40 bits per heavy atom. The van der Waals surface area contributed by atoms with Crippen LogP contribution in [0.5, 0.6) is 5.88 Å². The lowest BCUT2D eigenvalue weighted by Crippen LogP contribution is -2.17. The molecule has 0 saturated carbocycles. The number of ether oxygens (including phenoxy) is 1.